The van der Waals surface area contributed by atoms with Crippen molar-refractivity contribution in [3.8, 4) is 23.0 Å². The van der Waals surface area contributed by atoms with Crippen molar-refractivity contribution in [3.63, 3.8) is 0 Å². The molecule has 10 heteroatoms. The Morgan fingerprint density at radius 3 is 2.64 bits per heavy atom. The van der Waals surface area contributed by atoms with Crippen molar-refractivity contribution in [3.05, 3.63) is 72.9 Å². The van der Waals surface area contributed by atoms with Crippen LogP contribution in [0.1, 0.15) is 25.7 Å². The lowest BCUT2D eigenvalue weighted by atomic mass is 10.1. The van der Waals surface area contributed by atoms with Crippen LogP contribution in [0.3, 0.4) is 0 Å². The average molecular weight is 562 g/mol. The number of rotatable bonds is 6. The molecular weight excluding hydrogens is 530 g/mol. The first kappa shape index (κ1) is 25.9. The molecule has 10 nitrogen and oxygen atoms in total. The van der Waals surface area contributed by atoms with Crippen molar-refractivity contribution in [2.24, 2.45) is 5.92 Å². The van der Waals surface area contributed by atoms with Crippen LogP contribution in [0.4, 0.5) is 10.7 Å². The number of hydrogen-bond donors (Lipinski definition) is 2. The zero-order valence-corrected chi connectivity index (χ0v) is 23.3. The molecule has 1 saturated carbocycles. The maximum Gasteiger partial charge on any atom is 0.412 e. The monoisotopic (exact) mass is 561 g/mol. The number of aromatic nitrogens is 4. The summed E-state index contributed by atoms with van der Waals surface area (Å²) in [5.74, 6) is 2.69. The van der Waals surface area contributed by atoms with E-state index in [-0.39, 0.29) is 17.9 Å². The topological polar surface area (TPSA) is 114 Å². The zero-order chi connectivity index (χ0) is 28.6. The van der Waals surface area contributed by atoms with Crippen molar-refractivity contribution < 1.29 is 14.3 Å². The Balaban J connectivity index is 1.28. The molecule has 212 valence electrons. The van der Waals surface area contributed by atoms with Crippen LogP contribution < -0.4 is 15.4 Å². The fraction of sp³-hybridized carbons (Fsp3) is 0.281. The summed E-state index contributed by atoms with van der Waals surface area (Å²) in [6.07, 6.45) is 5.08. The molecule has 0 radical (unpaired) electrons. The van der Waals surface area contributed by atoms with Crippen LogP contribution in [-0.4, -0.2) is 62.6 Å². The molecule has 3 heterocycles. The molecule has 3 aromatic carbocycles. The van der Waals surface area contributed by atoms with E-state index in [1.807, 2.05) is 33.7 Å². The first-order chi connectivity index (χ1) is 20.6. The van der Waals surface area contributed by atoms with E-state index in [0.29, 0.717) is 29.9 Å². The molecule has 1 aliphatic carbocycles. The molecule has 2 fully saturated rings. The Morgan fingerprint density at radius 2 is 1.81 bits per heavy atom. The molecule has 1 saturated heterocycles. The Labute approximate surface area is 242 Å². The highest BCUT2D eigenvalue weighted by Gasteiger charge is 2.35. The second-order valence-electron chi connectivity index (χ2n) is 10.9. The molecule has 7 rings (SSSR count). The minimum absolute atomic E-state index is 0.0729. The molecule has 1 aliphatic heterocycles. The molecule has 0 spiro atoms. The van der Waals surface area contributed by atoms with Gasteiger partial charge in [0.1, 0.15) is 17.4 Å². The normalized spacial score (nSPS) is 16.9. The lowest BCUT2D eigenvalue weighted by Gasteiger charge is -2.33. The number of nitrogens with zero attached hydrogens (tertiary/aromatic N) is 5. The van der Waals surface area contributed by atoms with E-state index in [2.05, 4.69) is 45.9 Å². The van der Waals surface area contributed by atoms with Crippen molar-refractivity contribution in [1.29, 1.82) is 0 Å². The van der Waals surface area contributed by atoms with Gasteiger partial charge in [-0.3, -0.25) is 9.36 Å². The predicted molar refractivity (Wildman–Crippen MR) is 161 cm³/mol. The molecule has 0 unspecified atom stereocenters. The molecule has 2 N–H and O–H groups in total. The van der Waals surface area contributed by atoms with Crippen molar-refractivity contribution >= 4 is 39.8 Å². The fourth-order valence-corrected chi connectivity index (χ4v) is 5.64. The van der Waals surface area contributed by atoms with Gasteiger partial charge in [-0.15, -0.1) is 0 Å². The smallest absolute Gasteiger partial charge is 0.410 e. The number of fused-ring (bicyclic) bond motifs is 2. The summed E-state index contributed by atoms with van der Waals surface area (Å²) in [6, 6.07) is 21.7. The van der Waals surface area contributed by atoms with Crippen molar-refractivity contribution in [1.82, 2.24) is 29.7 Å². The summed E-state index contributed by atoms with van der Waals surface area (Å²) < 4.78 is 7.41. The van der Waals surface area contributed by atoms with E-state index in [0.717, 1.165) is 59.6 Å². The van der Waals surface area contributed by atoms with E-state index in [4.69, 9.17) is 14.7 Å². The quantitative estimate of drug-likeness (QED) is 0.294. The van der Waals surface area contributed by atoms with Gasteiger partial charge in [-0.05, 0) is 60.7 Å². The highest BCUT2D eigenvalue weighted by Crippen LogP contribution is 2.33. The van der Waals surface area contributed by atoms with Crippen LogP contribution in [-0.2, 0) is 4.79 Å². The average Bonchev–Trinajstić information content (AvgIpc) is 3.81. The van der Waals surface area contributed by atoms with Crippen LogP contribution >= 0.6 is 0 Å². The third-order valence-corrected chi connectivity index (χ3v) is 7.91. The third kappa shape index (κ3) is 5.11. The number of likely N-dealkylation sites (tertiary alicyclic amines) is 1. The number of benzene rings is 3. The van der Waals surface area contributed by atoms with E-state index >= 15 is 0 Å². The second-order valence-corrected chi connectivity index (χ2v) is 10.9. The van der Waals surface area contributed by atoms with Crippen LogP contribution in [0, 0.1) is 5.92 Å². The van der Waals surface area contributed by atoms with Gasteiger partial charge in [-0.25, -0.2) is 14.8 Å². The third-order valence-electron chi connectivity index (χ3n) is 7.91. The summed E-state index contributed by atoms with van der Waals surface area (Å²) >= 11 is 0. The number of ether oxygens (including phenoxy) is 1. The fourth-order valence-electron chi connectivity index (χ4n) is 5.64. The van der Waals surface area contributed by atoms with Crippen LogP contribution in [0.5, 0.6) is 5.75 Å². The standard InChI is InChI=1S/C32H31N7O3/c1-33-32(41)42-25-12-13-26-27(18-25)39(29(36-26)23-11-8-20-5-2-3-6-22(20)17-23)28-14-15-34-31(37-28)35-24-7-4-16-38(19-24)30(40)21-9-10-21/h2-3,5-6,8,11-15,17-18,21,24H,4,7,9-10,16,19H2,1H3,(H,33,41)(H,34,35,37)/t24-/m0/s1. The first-order valence-corrected chi connectivity index (χ1v) is 14.4. The highest BCUT2D eigenvalue weighted by molar-refractivity contribution is 5.90. The van der Waals surface area contributed by atoms with Crippen LogP contribution in [0.25, 0.3) is 39.0 Å². The minimum Gasteiger partial charge on any atom is -0.410 e. The summed E-state index contributed by atoms with van der Waals surface area (Å²) in [6.45, 7) is 1.46. The summed E-state index contributed by atoms with van der Waals surface area (Å²) in [4.78, 5) is 41.0. The Hall–Kier alpha value is -4.99. The number of imidazole rings is 1. The second kappa shape index (κ2) is 10.8. The molecule has 2 aliphatic rings. The van der Waals surface area contributed by atoms with Gasteiger partial charge in [-0.1, -0.05) is 36.4 Å². The summed E-state index contributed by atoms with van der Waals surface area (Å²) in [5.41, 5.74) is 2.40. The number of carbonyl (C=O) groups excluding carboxylic acids is 2. The number of hydrogen-bond acceptors (Lipinski definition) is 7. The molecular formula is C32H31N7O3. The number of carbonyl (C=O) groups is 2. The number of nitrogens with one attached hydrogen (secondary N) is 2. The van der Waals surface area contributed by atoms with Gasteiger partial charge in [-0.2, -0.15) is 4.98 Å². The number of amides is 2. The van der Waals surface area contributed by atoms with Crippen LogP contribution in [0.15, 0.2) is 72.9 Å². The molecule has 0 bridgehead atoms. The molecule has 1 atom stereocenters. The van der Waals surface area contributed by atoms with E-state index in [1.165, 1.54) is 7.05 Å². The first-order valence-electron chi connectivity index (χ1n) is 14.4. The van der Waals surface area contributed by atoms with Gasteiger partial charge in [0.15, 0.2) is 0 Å². The predicted octanol–water partition coefficient (Wildman–Crippen LogP) is 5.17. The van der Waals surface area contributed by atoms with Gasteiger partial charge in [0.2, 0.25) is 11.9 Å². The summed E-state index contributed by atoms with van der Waals surface area (Å²) in [7, 11) is 1.52. The zero-order valence-electron chi connectivity index (χ0n) is 23.3. The Bertz CT molecular complexity index is 1810. The van der Waals surface area contributed by atoms with Crippen molar-refractivity contribution in [2.75, 3.05) is 25.5 Å². The minimum atomic E-state index is -0.551. The van der Waals surface area contributed by atoms with Gasteiger partial charge < -0.3 is 20.3 Å². The van der Waals surface area contributed by atoms with Crippen molar-refractivity contribution in [2.45, 2.75) is 31.7 Å². The maximum atomic E-state index is 12.7. The van der Waals surface area contributed by atoms with E-state index in [9.17, 15) is 9.59 Å². The molecule has 2 amide bonds. The van der Waals surface area contributed by atoms with Gasteiger partial charge in [0.25, 0.3) is 0 Å². The lowest BCUT2D eigenvalue weighted by molar-refractivity contribution is -0.133. The van der Waals surface area contributed by atoms with E-state index in [1.54, 1.807) is 18.3 Å². The lowest BCUT2D eigenvalue weighted by Crippen LogP contribution is -2.45. The Kier molecular flexibility index (Phi) is 6.65. The molecule has 2 aromatic heterocycles. The van der Waals surface area contributed by atoms with Gasteiger partial charge >= 0.3 is 6.09 Å². The molecule has 5 aromatic rings. The Morgan fingerprint density at radius 1 is 0.952 bits per heavy atom. The molecule has 42 heavy (non-hydrogen) atoms. The van der Waals surface area contributed by atoms with Crippen LogP contribution in [0.2, 0.25) is 0 Å². The van der Waals surface area contributed by atoms with Gasteiger partial charge in [0, 0.05) is 49.9 Å². The highest BCUT2D eigenvalue weighted by atomic mass is 16.5. The summed E-state index contributed by atoms with van der Waals surface area (Å²) in [5, 5.41) is 8.20. The van der Waals surface area contributed by atoms with E-state index < -0.39 is 6.09 Å². The SMILES string of the molecule is CNC(=O)Oc1ccc2nc(-c3ccc4ccccc4c3)n(-c3ccnc(N[C@H]4CCCN(C(=O)C5CC5)C4)n3)c2c1. The number of anilines is 1. The number of piperidine rings is 1. The van der Waals surface area contributed by atoms with Gasteiger partial charge in [0.05, 0.1) is 11.0 Å². The maximum absolute atomic E-state index is 12.7. The largest absolute Gasteiger partial charge is 0.412 e.